The van der Waals surface area contributed by atoms with Crippen LogP contribution in [0.3, 0.4) is 0 Å². The number of fused-ring (bicyclic) bond motifs is 2. The zero-order chi connectivity index (χ0) is 31.4. The molecule has 2 N–H and O–H groups in total. The summed E-state index contributed by atoms with van der Waals surface area (Å²) in [5.74, 6) is 0.355. The van der Waals surface area contributed by atoms with E-state index in [4.69, 9.17) is 15.2 Å². The first-order valence-corrected chi connectivity index (χ1v) is 12.5. The maximum Gasteiger partial charge on any atom is 0.425 e. The minimum absolute atomic E-state index is 0.0316. The number of anilines is 2. The number of hydrogen-bond donors (Lipinski definition) is 1. The SMILES string of the molecule is CC(C)(C)OC(=O)N(C(=O)OC(C)(C)C)c1nccc2cc([N+](=O)[O-])ccc12.Nc1nccc2cc([N+](=O)[O-])ccc12. The van der Waals surface area contributed by atoms with Crippen molar-refractivity contribution < 1.29 is 28.9 Å². The number of imide groups is 1. The van der Waals surface area contributed by atoms with Crippen molar-refractivity contribution in [3.8, 4) is 0 Å². The second-order valence-corrected chi connectivity index (χ2v) is 11.0. The average molecular weight is 579 g/mol. The van der Waals surface area contributed by atoms with Crippen molar-refractivity contribution in [2.24, 2.45) is 0 Å². The Morgan fingerprint density at radius 1 is 0.738 bits per heavy atom. The van der Waals surface area contributed by atoms with Gasteiger partial charge in [-0.25, -0.2) is 19.6 Å². The number of nitrogens with two attached hydrogens (primary N) is 1. The summed E-state index contributed by atoms with van der Waals surface area (Å²) in [7, 11) is 0. The van der Waals surface area contributed by atoms with Crippen LogP contribution in [0.2, 0.25) is 0 Å². The third-order valence-corrected chi connectivity index (χ3v) is 5.29. The van der Waals surface area contributed by atoms with Gasteiger partial charge in [-0.1, -0.05) is 0 Å². The summed E-state index contributed by atoms with van der Waals surface area (Å²) >= 11 is 0. The third kappa shape index (κ3) is 7.84. The fraction of sp³-hybridized carbons (Fsp3) is 0.286. The largest absolute Gasteiger partial charge is 0.443 e. The van der Waals surface area contributed by atoms with Crippen LogP contribution in [0.5, 0.6) is 0 Å². The van der Waals surface area contributed by atoms with Crippen molar-refractivity contribution in [2.75, 3.05) is 10.6 Å². The van der Waals surface area contributed by atoms with Crippen LogP contribution in [-0.4, -0.2) is 43.2 Å². The first-order valence-electron chi connectivity index (χ1n) is 12.5. The molecule has 2 heterocycles. The molecule has 0 unspecified atom stereocenters. The van der Waals surface area contributed by atoms with E-state index in [1.54, 1.807) is 59.7 Å². The number of ether oxygens (including phenoxy) is 2. The van der Waals surface area contributed by atoms with Gasteiger partial charge in [-0.15, -0.1) is 0 Å². The Bertz CT molecular complexity index is 1650. The molecule has 0 saturated heterocycles. The van der Waals surface area contributed by atoms with E-state index in [0.717, 1.165) is 10.8 Å². The number of aromatic nitrogens is 2. The molecule has 0 saturated carbocycles. The minimum Gasteiger partial charge on any atom is -0.443 e. The monoisotopic (exact) mass is 578 g/mol. The molecular weight excluding hydrogens is 548 g/mol. The van der Waals surface area contributed by atoms with Crippen LogP contribution in [0.15, 0.2) is 60.9 Å². The number of non-ortho nitro benzene ring substituents is 2. The van der Waals surface area contributed by atoms with Crippen molar-refractivity contribution in [3.63, 3.8) is 0 Å². The second-order valence-electron chi connectivity index (χ2n) is 11.0. The van der Waals surface area contributed by atoms with Crippen LogP contribution in [0.25, 0.3) is 21.5 Å². The van der Waals surface area contributed by atoms with Gasteiger partial charge in [0.1, 0.15) is 17.0 Å². The number of nitrogens with zero attached hydrogens (tertiary/aromatic N) is 5. The second kappa shape index (κ2) is 12.0. The van der Waals surface area contributed by atoms with Crippen LogP contribution in [-0.2, 0) is 9.47 Å². The predicted octanol–water partition coefficient (Wildman–Crippen LogP) is 6.54. The molecule has 0 aliphatic carbocycles. The predicted molar refractivity (Wildman–Crippen MR) is 156 cm³/mol. The first-order chi connectivity index (χ1) is 19.5. The molecule has 42 heavy (non-hydrogen) atoms. The zero-order valence-corrected chi connectivity index (χ0v) is 23.9. The highest BCUT2D eigenvalue weighted by molar-refractivity contribution is 6.14. The first kappa shape index (κ1) is 31.1. The van der Waals surface area contributed by atoms with E-state index in [1.165, 1.54) is 42.7 Å². The lowest BCUT2D eigenvalue weighted by Crippen LogP contribution is -2.44. The van der Waals surface area contributed by atoms with Crippen LogP contribution < -0.4 is 10.6 Å². The smallest absolute Gasteiger partial charge is 0.425 e. The van der Waals surface area contributed by atoms with Crippen molar-refractivity contribution in [1.82, 2.24) is 9.97 Å². The molecule has 2 amide bonds. The number of nitrogen functional groups attached to an aromatic ring is 1. The Labute approximate surface area is 240 Å². The van der Waals surface area contributed by atoms with Gasteiger partial charge in [0.2, 0.25) is 0 Å². The summed E-state index contributed by atoms with van der Waals surface area (Å²) in [6.45, 7) is 9.99. The van der Waals surface area contributed by atoms with E-state index in [1.807, 2.05) is 0 Å². The fourth-order valence-corrected chi connectivity index (χ4v) is 3.61. The molecular formula is C28H30N6O8. The molecule has 2 aromatic heterocycles. The number of rotatable bonds is 3. The van der Waals surface area contributed by atoms with E-state index in [-0.39, 0.29) is 17.2 Å². The highest BCUT2D eigenvalue weighted by Crippen LogP contribution is 2.30. The van der Waals surface area contributed by atoms with Crippen LogP contribution >= 0.6 is 0 Å². The number of carbonyl (C=O) groups excluding carboxylic acids is 2. The fourth-order valence-electron chi connectivity index (χ4n) is 3.61. The molecule has 0 atom stereocenters. The molecule has 2 aromatic carbocycles. The van der Waals surface area contributed by atoms with Gasteiger partial charge in [0.25, 0.3) is 11.4 Å². The van der Waals surface area contributed by atoms with Crippen molar-refractivity contribution in [1.29, 1.82) is 0 Å². The maximum atomic E-state index is 12.8. The highest BCUT2D eigenvalue weighted by Gasteiger charge is 2.34. The van der Waals surface area contributed by atoms with Gasteiger partial charge in [0, 0.05) is 47.4 Å². The van der Waals surface area contributed by atoms with E-state index in [0.29, 0.717) is 21.5 Å². The molecule has 0 aliphatic heterocycles. The van der Waals surface area contributed by atoms with E-state index in [9.17, 15) is 29.8 Å². The molecule has 14 heteroatoms. The summed E-state index contributed by atoms with van der Waals surface area (Å²) in [4.78, 5) is 54.8. The molecule has 0 spiro atoms. The summed E-state index contributed by atoms with van der Waals surface area (Å²) in [5, 5.41) is 23.8. The van der Waals surface area contributed by atoms with Gasteiger partial charge in [-0.2, -0.15) is 4.90 Å². The van der Waals surface area contributed by atoms with Gasteiger partial charge in [0.05, 0.1) is 9.85 Å². The average Bonchev–Trinajstić information content (AvgIpc) is 2.86. The number of pyridine rings is 2. The maximum absolute atomic E-state index is 12.8. The third-order valence-electron chi connectivity index (χ3n) is 5.29. The number of carbonyl (C=O) groups is 2. The number of hydrogen-bond acceptors (Lipinski definition) is 11. The summed E-state index contributed by atoms with van der Waals surface area (Å²) in [6, 6.07) is 11.8. The molecule has 4 aromatic rings. The van der Waals surface area contributed by atoms with E-state index < -0.39 is 33.2 Å². The summed E-state index contributed by atoms with van der Waals surface area (Å²) in [5.41, 5.74) is 3.82. The van der Waals surface area contributed by atoms with E-state index >= 15 is 0 Å². The van der Waals surface area contributed by atoms with Gasteiger partial charge in [-0.05, 0) is 76.6 Å². The normalized spacial score (nSPS) is 11.3. The van der Waals surface area contributed by atoms with Crippen LogP contribution in [0.1, 0.15) is 41.5 Å². The summed E-state index contributed by atoms with van der Waals surface area (Å²) in [6.07, 6.45) is 0.963. The van der Waals surface area contributed by atoms with Gasteiger partial charge < -0.3 is 15.2 Å². The van der Waals surface area contributed by atoms with Crippen LogP contribution in [0, 0.1) is 20.2 Å². The number of nitro benzene ring substituents is 2. The van der Waals surface area contributed by atoms with Gasteiger partial charge in [0.15, 0.2) is 5.82 Å². The Hall–Kier alpha value is -5.40. The van der Waals surface area contributed by atoms with Crippen molar-refractivity contribution in [3.05, 3.63) is 81.2 Å². The number of benzene rings is 2. The Morgan fingerprint density at radius 3 is 1.62 bits per heavy atom. The lowest BCUT2D eigenvalue weighted by molar-refractivity contribution is -0.384. The standard InChI is InChI=1S/C19H23N3O6.C9H7N3O2/c1-18(2,3)27-16(23)21(17(24)28-19(4,5)6)15-14-8-7-13(22(25)26)11-12(14)9-10-20-15;10-9-8-2-1-7(12(13)14)5-6(8)3-4-11-9/h7-11H,1-6H3;1-5H,(H2,10,11). The molecule has 0 bridgehead atoms. The molecule has 220 valence electrons. The topological polar surface area (TPSA) is 194 Å². The van der Waals surface area contributed by atoms with Gasteiger partial charge >= 0.3 is 12.2 Å². The van der Waals surface area contributed by atoms with Crippen molar-refractivity contribution >= 4 is 56.7 Å². The van der Waals surface area contributed by atoms with Crippen molar-refractivity contribution in [2.45, 2.75) is 52.7 Å². The van der Waals surface area contributed by atoms with E-state index in [2.05, 4.69) is 9.97 Å². The number of nitro groups is 2. The molecule has 4 rings (SSSR count). The zero-order valence-electron chi connectivity index (χ0n) is 23.9. The number of amides is 2. The van der Waals surface area contributed by atoms with Crippen LogP contribution in [0.4, 0.5) is 32.6 Å². The highest BCUT2D eigenvalue weighted by atomic mass is 16.6. The Balaban J connectivity index is 0.000000287. The minimum atomic E-state index is -0.958. The molecule has 0 fully saturated rings. The Kier molecular flexibility index (Phi) is 8.89. The quantitative estimate of drug-likeness (QED) is 0.205. The Morgan fingerprint density at radius 2 is 1.17 bits per heavy atom. The molecule has 14 nitrogen and oxygen atoms in total. The summed E-state index contributed by atoms with van der Waals surface area (Å²) < 4.78 is 10.7. The molecule has 0 radical (unpaired) electrons. The van der Waals surface area contributed by atoms with Gasteiger partial charge in [-0.3, -0.25) is 20.2 Å². The molecule has 0 aliphatic rings. The lowest BCUT2D eigenvalue weighted by Gasteiger charge is -2.28. The lowest BCUT2D eigenvalue weighted by atomic mass is 10.1.